The van der Waals surface area contributed by atoms with Gasteiger partial charge in [-0.2, -0.15) is 0 Å². The first-order chi connectivity index (χ1) is 44.6. The summed E-state index contributed by atoms with van der Waals surface area (Å²) in [5.74, 6) is -14.3. The monoisotopic (exact) mass is 1350 g/mol. The SMILES string of the molecule is C[C@H](NC(=O)[C@H](C)NC(=O)[C@H](CCCN=C(N)N)NC(=O)[C@H](CO)NC(=O)CNC(=O)CNC(=O)[C@H](CCCNC(N)=O)NC(=O)[C@@H](NC(=O)[C@H](CCCN=C(N)N)NC(=O)[C@H](CCCN=C(N)N)NC(=O)[C@H](CCC(N)=O)NC(=O)[C@@H](N)Cc1cnc[nH]1)[C@@H](C)O)C(=O)O. The Labute approximate surface area is 544 Å². The summed E-state index contributed by atoms with van der Waals surface area (Å²) >= 11 is 0. The minimum atomic E-state index is -1.91. The van der Waals surface area contributed by atoms with E-state index in [2.05, 4.69) is 88.7 Å². The number of carboxylic acids is 1. The number of carbonyl (C=O) groups is 14. The summed E-state index contributed by atoms with van der Waals surface area (Å²) in [4.78, 5) is 201. The fourth-order valence-electron chi connectivity index (χ4n) is 8.15. The molecule has 43 heteroatoms. The van der Waals surface area contributed by atoms with Crippen molar-refractivity contribution < 1.29 is 82.4 Å². The largest absolute Gasteiger partial charge is 0.480 e. The van der Waals surface area contributed by atoms with Crippen molar-refractivity contribution >= 4 is 101 Å². The number of aliphatic imine (C=N–C) groups is 3. The number of H-pyrrole nitrogens is 1. The summed E-state index contributed by atoms with van der Waals surface area (Å²) in [6.07, 6.45) is -0.638. The molecule has 0 aromatic carbocycles. The minimum Gasteiger partial charge on any atom is -0.480 e. The van der Waals surface area contributed by atoms with E-state index in [9.17, 15) is 77.3 Å². The van der Waals surface area contributed by atoms with Gasteiger partial charge in [-0.25, -0.2) is 9.78 Å². The predicted molar refractivity (Wildman–Crippen MR) is 336 cm³/mol. The number of nitrogens with one attached hydrogen (secondary N) is 13. The van der Waals surface area contributed by atoms with Crippen LogP contribution in [0.25, 0.3) is 0 Å². The van der Waals surface area contributed by atoms with E-state index in [1.54, 1.807) is 0 Å². The number of carbonyl (C=O) groups excluding carboxylic acids is 13. The first kappa shape index (κ1) is 82.3. The van der Waals surface area contributed by atoms with Crippen LogP contribution in [-0.2, 0) is 68.7 Å². The molecule has 0 unspecified atom stereocenters. The topological polar surface area (TPSA) is 744 Å². The van der Waals surface area contributed by atoms with Crippen LogP contribution in [-0.4, -0.2) is 238 Å². The Morgan fingerprint density at radius 1 is 0.495 bits per heavy atom. The molecule has 0 saturated carbocycles. The molecule has 1 rings (SSSR count). The van der Waals surface area contributed by atoms with E-state index >= 15 is 0 Å². The van der Waals surface area contributed by atoms with Gasteiger partial charge in [-0.1, -0.05) is 0 Å². The van der Waals surface area contributed by atoms with E-state index in [1.165, 1.54) is 26.4 Å². The highest BCUT2D eigenvalue weighted by Gasteiger charge is 2.36. The number of aromatic amines is 1. The summed E-state index contributed by atoms with van der Waals surface area (Å²) in [5, 5.41) is 58.0. The third-order valence-electron chi connectivity index (χ3n) is 13.2. The number of imidazole rings is 1. The fraction of sp³-hybridized carbons (Fsp3) is 0.615. The number of aliphatic hydroxyl groups is 2. The number of hydrogen-bond acceptors (Lipinski definition) is 21. The second-order valence-electron chi connectivity index (χ2n) is 21.3. The Kier molecular flexibility index (Phi) is 38.1. The number of aliphatic hydroxyl groups excluding tert-OH is 2. The zero-order valence-electron chi connectivity index (χ0n) is 52.8. The van der Waals surface area contributed by atoms with Crippen molar-refractivity contribution in [1.29, 1.82) is 0 Å². The normalized spacial score (nSPS) is 14.2. The molecule has 0 bridgehead atoms. The number of aliphatic carboxylic acids is 1. The van der Waals surface area contributed by atoms with Crippen molar-refractivity contribution in [2.45, 2.75) is 158 Å². The average Bonchev–Trinajstić information content (AvgIpc) is 1.43. The predicted octanol–water partition coefficient (Wildman–Crippen LogP) is -12.8. The van der Waals surface area contributed by atoms with E-state index in [1.807, 2.05) is 0 Å². The smallest absolute Gasteiger partial charge is 0.325 e. The number of nitrogens with zero attached hydrogens (tertiary/aromatic N) is 4. The highest BCUT2D eigenvalue weighted by Crippen LogP contribution is 2.10. The third-order valence-corrected chi connectivity index (χ3v) is 13.2. The lowest BCUT2D eigenvalue weighted by atomic mass is 10.0. The number of rotatable bonds is 46. The van der Waals surface area contributed by atoms with Crippen LogP contribution < -0.4 is 115 Å². The molecule has 0 radical (unpaired) electrons. The van der Waals surface area contributed by atoms with Gasteiger partial charge in [-0.05, 0) is 78.6 Å². The first-order valence-corrected chi connectivity index (χ1v) is 29.6. The molecule has 1 heterocycles. The van der Waals surface area contributed by atoms with Gasteiger partial charge < -0.3 is 136 Å². The van der Waals surface area contributed by atoms with Gasteiger partial charge >= 0.3 is 12.0 Å². The van der Waals surface area contributed by atoms with E-state index in [0.717, 1.165) is 6.92 Å². The van der Waals surface area contributed by atoms with Gasteiger partial charge in [0.2, 0.25) is 70.9 Å². The van der Waals surface area contributed by atoms with E-state index in [0.29, 0.717) is 5.69 Å². The van der Waals surface area contributed by atoms with Crippen LogP contribution in [0, 0.1) is 0 Å². The molecule has 43 nitrogen and oxygen atoms in total. The summed E-state index contributed by atoms with van der Waals surface area (Å²) < 4.78 is 0. The highest BCUT2D eigenvalue weighted by atomic mass is 16.4. The quantitative estimate of drug-likeness (QED) is 0.0164. The Morgan fingerprint density at radius 3 is 1.38 bits per heavy atom. The summed E-state index contributed by atoms with van der Waals surface area (Å²) in [6, 6.07) is -16.1. The molecule has 0 aliphatic rings. The van der Waals surface area contributed by atoms with Crippen LogP contribution in [0.4, 0.5) is 4.79 Å². The maximum absolute atomic E-state index is 14.3. The highest BCUT2D eigenvalue weighted by molar-refractivity contribution is 5.99. The molecular formula is C52H92N26O17. The lowest BCUT2D eigenvalue weighted by Gasteiger charge is -2.28. The van der Waals surface area contributed by atoms with Crippen LogP contribution in [0.5, 0.6) is 0 Å². The van der Waals surface area contributed by atoms with Crippen molar-refractivity contribution in [1.82, 2.24) is 73.8 Å². The summed E-state index contributed by atoms with van der Waals surface area (Å²) in [6.45, 7) is 0.413. The van der Waals surface area contributed by atoms with Gasteiger partial charge in [-0.3, -0.25) is 77.3 Å². The number of carboxylic acid groups (broad SMARTS) is 1. The van der Waals surface area contributed by atoms with Gasteiger partial charge in [0.1, 0.15) is 54.4 Å². The van der Waals surface area contributed by atoms with Crippen LogP contribution in [0.3, 0.4) is 0 Å². The van der Waals surface area contributed by atoms with E-state index < -0.39 is 176 Å². The maximum atomic E-state index is 14.3. The lowest BCUT2D eigenvalue weighted by molar-refractivity contribution is -0.141. The first-order valence-electron chi connectivity index (χ1n) is 29.6. The van der Waals surface area contributed by atoms with Crippen LogP contribution in [0.15, 0.2) is 27.5 Å². The van der Waals surface area contributed by atoms with Crippen molar-refractivity contribution in [2.24, 2.45) is 66.6 Å². The second kappa shape index (κ2) is 43.9. The van der Waals surface area contributed by atoms with Gasteiger partial charge in [0.15, 0.2) is 17.9 Å². The van der Waals surface area contributed by atoms with Crippen molar-refractivity contribution in [3.63, 3.8) is 0 Å². The van der Waals surface area contributed by atoms with Gasteiger partial charge in [0.05, 0.1) is 38.2 Å². The van der Waals surface area contributed by atoms with E-state index in [-0.39, 0.29) is 108 Å². The van der Waals surface area contributed by atoms with Gasteiger partial charge in [0.25, 0.3) is 0 Å². The minimum absolute atomic E-state index is 0.0124. The Hall–Kier alpha value is -10.7. The number of guanidine groups is 3. The zero-order valence-corrected chi connectivity index (χ0v) is 52.8. The Bertz CT molecular complexity index is 2850. The Balaban J connectivity index is 3.37. The lowest BCUT2D eigenvalue weighted by Crippen LogP contribution is -2.61. The number of primary amides is 2. The molecule has 1 aromatic rings. The van der Waals surface area contributed by atoms with Crippen LogP contribution >= 0.6 is 0 Å². The van der Waals surface area contributed by atoms with Crippen molar-refractivity contribution in [3.05, 3.63) is 18.2 Å². The molecule has 34 N–H and O–H groups in total. The van der Waals surface area contributed by atoms with Gasteiger partial charge in [0, 0.05) is 50.9 Å². The molecule has 14 amide bonds. The average molecular weight is 1350 g/mol. The number of hydrogen-bond donors (Lipinski definition) is 25. The van der Waals surface area contributed by atoms with E-state index in [4.69, 9.17) is 56.7 Å². The molecule has 11 atom stereocenters. The molecule has 0 aliphatic heterocycles. The number of urea groups is 1. The standard InChI is InChI=1S/C52H92N26O17/c1-24(39(84)71-25(2)48(93)94)70-42(87)30(9-4-14-63-49(55)56)76-46(91)34(22-79)72-37(83)21-67-36(82)20-68-41(86)29(8-7-17-66-52(61)95)77-47(92)38(26(3)80)78-45(90)32(11-6-16-65-51(59)60)75-43(88)31(10-5-15-64-50(57)58)74-44(89)33(12-13-35(54)81)73-40(85)28(53)18-27-19-62-23-69-27/h19,23-26,28-34,38,79-80H,4-18,20-22,53H2,1-3H3,(H2,54,81)(H,62,69)(H,67,82)(H,68,86)(H,70,87)(H,71,84)(H,72,83)(H,73,85)(H,74,89)(H,75,88)(H,76,91)(H,77,92)(H,78,90)(H,93,94)(H4,55,56,63)(H4,57,58,64)(H4,59,60,65)(H3,61,66,95)/t24-,25-,26+,28-,29-,30-,31-,32-,33-,34-,38-/m0/s1. The maximum Gasteiger partial charge on any atom is 0.325 e. The summed E-state index contributed by atoms with van der Waals surface area (Å²) in [7, 11) is 0. The summed E-state index contributed by atoms with van der Waals surface area (Å²) in [5.41, 5.74) is 49.7. The van der Waals surface area contributed by atoms with Gasteiger partial charge in [-0.15, -0.1) is 0 Å². The van der Waals surface area contributed by atoms with Crippen LogP contribution in [0.1, 0.15) is 90.7 Å². The molecule has 0 fully saturated rings. The molecule has 0 saturated heterocycles. The second-order valence-corrected chi connectivity index (χ2v) is 21.3. The molecule has 0 aliphatic carbocycles. The number of amides is 14. The molecule has 95 heavy (non-hydrogen) atoms. The molecule has 1 aromatic heterocycles. The Morgan fingerprint density at radius 2 is 0.926 bits per heavy atom. The fourth-order valence-corrected chi connectivity index (χ4v) is 8.15. The number of nitrogens with two attached hydrogens (primary N) is 9. The van der Waals surface area contributed by atoms with Crippen molar-refractivity contribution in [3.8, 4) is 0 Å². The third kappa shape index (κ3) is 35.1. The molecule has 0 spiro atoms. The zero-order chi connectivity index (χ0) is 71.9. The van der Waals surface area contributed by atoms with Crippen molar-refractivity contribution in [2.75, 3.05) is 45.9 Å². The number of aromatic nitrogens is 2. The molecule has 532 valence electrons. The van der Waals surface area contributed by atoms with Crippen LogP contribution in [0.2, 0.25) is 0 Å². The molecular weight excluding hydrogens is 1260 g/mol.